The van der Waals surface area contributed by atoms with E-state index in [1.165, 1.54) is 5.56 Å². The highest BCUT2D eigenvalue weighted by Gasteiger charge is 2.38. The quantitative estimate of drug-likeness (QED) is 0.875. The van der Waals surface area contributed by atoms with Crippen LogP contribution < -0.4 is 10.5 Å². The molecule has 1 aromatic carbocycles. The molecule has 0 radical (unpaired) electrons. The summed E-state index contributed by atoms with van der Waals surface area (Å²) < 4.78 is 11.1. The number of likely N-dealkylation sites (N-methyl/N-ethyl adjacent to an activating group) is 1. The smallest absolute Gasteiger partial charge is 0.119 e. The third-order valence-electron chi connectivity index (χ3n) is 4.73. The molecule has 0 saturated carbocycles. The molecule has 0 amide bonds. The van der Waals surface area contributed by atoms with Gasteiger partial charge < -0.3 is 15.2 Å². The Morgan fingerprint density at radius 1 is 1.48 bits per heavy atom. The van der Waals surface area contributed by atoms with Crippen LogP contribution in [0, 0.1) is 0 Å². The molecule has 118 valence electrons. The van der Waals surface area contributed by atoms with Gasteiger partial charge in [-0.3, -0.25) is 4.90 Å². The zero-order valence-electron chi connectivity index (χ0n) is 13.5. The summed E-state index contributed by atoms with van der Waals surface area (Å²) in [5, 5.41) is 0. The van der Waals surface area contributed by atoms with Crippen LogP contribution in [0.3, 0.4) is 0 Å². The summed E-state index contributed by atoms with van der Waals surface area (Å²) in [6.45, 7) is 4.54. The summed E-state index contributed by atoms with van der Waals surface area (Å²) in [6, 6.07) is 8.25. The van der Waals surface area contributed by atoms with Crippen molar-refractivity contribution < 1.29 is 9.47 Å². The molecule has 4 heteroatoms. The van der Waals surface area contributed by atoms with Gasteiger partial charge in [-0.2, -0.15) is 0 Å². The molecule has 1 aromatic rings. The highest BCUT2D eigenvalue weighted by Crippen LogP contribution is 2.31. The van der Waals surface area contributed by atoms with E-state index in [2.05, 4.69) is 31.0 Å². The van der Waals surface area contributed by atoms with Gasteiger partial charge in [0.25, 0.3) is 0 Å². The number of rotatable bonds is 6. The van der Waals surface area contributed by atoms with Crippen molar-refractivity contribution in [3.8, 4) is 5.75 Å². The van der Waals surface area contributed by atoms with E-state index < -0.39 is 0 Å². The van der Waals surface area contributed by atoms with E-state index in [-0.39, 0.29) is 5.54 Å². The molecule has 0 aliphatic carbocycles. The molecule has 2 atom stereocenters. The van der Waals surface area contributed by atoms with Gasteiger partial charge in [-0.25, -0.2) is 0 Å². The molecule has 1 saturated heterocycles. The molecule has 2 rings (SSSR count). The Hall–Kier alpha value is -1.10. The maximum absolute atomic E-state index is 6.14. The van der Waals surface area contributed by atoms with Crippen LogP contribution in [0.4, 0.5) is 0 Å². The second kappa shape index (κ2) is 7.25. The van der Waals surface area contributed by atoms with Crippen LogP contribution in [-0.2, 0) is 11.3 Å². The predicted molar refractivity (Wildman–Crippen MR) is 85.5 cm³/mol. The molecule has 0 bridgehead atoms. The van der Waals surface area contributed by atoms with Gasteiger partial charge in [0.1, 0.15) is 5.75 Å². The van der Waals surface area contributed by atoms with Crippen molar-refractivity contribution >= 4 is 0 Å². The molecule has 0 spiro atoms. The molecule has 1 heterocycles. The Morgan fingerprint density at radius 2 is 2.29 bits per heavy atom. The summed E-state index contributed by atoms with van der Waals surface area (Å²) in [5.41, 5.74) is 7.44. The molecular weight excluding hydrogens is 264 g/mol. The van der Waals surface area contributed by atoms with Crippen LogP contribution in [0.25, 0.3) is 0 Å². The number of hydrogen-bond acceptors (Lipinski definition) is 4. The van der Waals surface area contributed by atoms with Gasteiger partial charge in [0.2, 0.25) is 0 Å². The summed E-state index contributed by atoms with van der Waals surface area (Å²) in [6.07, 6.45) is 3.39. The third kappa shape index (κ3) is 3.76. The van der Waals surface area contributed by atoms with Crippen LogP contribution in [0.2, 0.25) is 0 Å². The van der Waals surface area contributed by atoms with Crippen molar-refractivity contribution in [1.29, 1.82) is 0 Å². The SMILES string of the molecule is CCC1CC(CN)(N(C)Cc2cccc(OC)c2)CCO1. The monoisotopic (exact) mass is 292 g/mol. The Morgan fingerprint density at radius 3 is 2.95 bits per heavy atom. The standard InChI is InChI=1S/C17H28N2O2/c1-4-15-11-17(13-18,8-9-21-15)19(2)12-14-6-5-7-16(10-14)20-3/h5-7,10,15H,4,8-9,11-13,18H2,1-3H3. The van der Waals surface area contributed by atoms with Gasteiger partial charge in [0.15, 0.2) is 0 Å². The second-order valence-electron chi connectivity index (χ2n) is 5.99. The van der Waals surface area contributed by atoms with E-state index in [9.17, 15) is 0 Å². The highest BCUT2D eigenvalue weighted by molar-refractivity contribution is 5.28. The average Bonchev–Trinajstić information content (AvgIpc) is 2.54. The Kier molecular flexibility index (Phi) is 5.62. The fraction of sp³-hybridized carbons (Fsp3) is 0.647. The largest absolute Gasteiger partial charge is 0.497 e. The van der Waals surface area contributed by atoms with Gasteiger partial charge in [-0.1, -0.05) is 19.1 Å². The molecule has 2 unspecified atom stereocenters. The highest BCUT2D eigenvalue weighted by atomic mass is 16.5. The van der Waals surface area contributed by atoms with Crippen LogP contribution >= 0.6 is 0 Å². The molecule has 21 heavy (non-hydrogen) atoms. The topological polar surface area (TPSA) is 47.7 Å². The van der Waals surface area contributed by atoms with E-state index in [1.807, 2.05) is 12.1 Å². The van der Waals surface area contributed by atoms with Crippen LogP contribution in [0.5, 0.6) is 5.75 Å². The van der Waals surface area contributed by atoms with Gasteiger partial charge in [-0.15, -0.1) is 0 Å². The van der Waals surface area contributed by atoms with Gasteiger partial charge >= 0.3 is 0 Å². The first-order valence-electron chi connectivity index (χ1n) is 7.79. The average molecular weight is 292 g/mol. The van der Waals surface area contributed by atoms with Crippen LogP contribution in [-0.4, -0.2) is 43.9 Å². The van der Waals surface area contributed by atoms with Crippen molar-refractivity contribution in [3.05, 3.63) is 29.8 Å². The van der Waals surface area contributed by atoms with Crippen molar-refractivity contribution in [3.63, 3.8) is 0 Å². The molecule has 2 N–H and O–H groups in total. The van der Waals surface area contributed by atoms with E-state index in [0.717, 1.165) is 38.2 Å². The number of nitrogens with two attached hydrogens (primary N) is 1. The number of ether oxygens (including phenoxy) is 2. The second-order valence-corrected chi connectivity index (χ2v) is 5.99. The van der Waals surface area contributed by atoms with Gasteiger partial charge in [-0.05, 0) is 44.0 Å². The Balaban J connectivity index is 2.10. The molecule has 0 aromatic heterocycles. The van der Waals surface area contributed by atoms with E-state index >= 15 is 0 Å². The Labute approximate surface area is 128 Å². The maximum Gasteiger partial charge on any atom is 0.119 e. The van der Waals surface area contributed by atoms with E-state index in [4.69, 9.17) is 15.2 Å². The van der Waals surface area contributed by atoms with E-state index in [1.54, 1.807) is 7.11 Å². The molecule has 1 aliphatic rings. The summed E-state index contributed by atoms with van der Waals surface area (Å²) in [4.78, 5) is 2.40. The number of hydrogen-bond donors (Lipinski definition) is 1. The van der Waals surface area contributed by atoms with Crippen LogP contribution in [0.1, 0.15) is 31.7 Å². The van der Waals surface area contributed by atoms with Crippen LogP contribution in [0.15, 0.2) is 24.3 Å². The summed E-state index contributed by atoms with van der Waals surface area (Å²) in [5.74, 6) is 0.904. The normalized spacial score (nSPS) is 26.0. The zero-order chi connectivity index (χ0) is 15.3. The Bertz CT molecular complexity index is 452. The van der Waals surface area contributed by atoms with Gasteiger partial charge in [0, 0.05) is 25.2 Å². The minimum absolute atomic E-state index is 0.0437. The molecule has 1 aliphatic heterocycles. The third-order valence-corrected chi connectivity index (χ3v) is 4.73. The molecular formula is C17H28N2O2. The molecule has 4 nitrogen and oxygen atoms in total. The fourth-order valence-electron chi connectivity index (χ4n) is 3.16. The number of methoxy groups -OCH3 is 1. The lowest BCUT2D eigenvalue weighted by molar-refractivity contribution is -0.0671. The summed E-state index contributed by atoms with van der Waals surface area (Å²) >= 11 is 0. The van der Waals surface area contributed by atoms with E-state index in [0.29, 0.717) is 12.6 Å². The lowest BCUT2D eigenvalue weighted by atomic mass is 9.84. The predicted octanol–water partition coefficient (Wildman–Crippen LogP) is 2.41. The van der Waals surface area contributed by atoms with Crippen molar-refractivity contribution in [1.82, 2.24) is 4.90 Å². The fourth-order valence-corrected chi connectivity index (χ4v) is 3.16. The first kappa shape index (κ1) is 16.3. The lowest BCUT2D eigenvalue weighted by Crippen LogP contribution is -2.56. The zero-order valence-corrected chi connectivity index (χ0v) is 13.5. The maximum atomic E-state index is 6.14. The lowest BCUT2D eigenvalue weighted by Gasteiger charge is -2.46. The minimum Gasteiger partial charge on any atom is -0.497 e. The minimum atomic E-state index is 0.0437. The van der Waals surface area contributed by atoms with Crippen molar-refractivity contribution in [2.75, 3.05) is 27.3 Å². The van der Waals surface area contributed by atoms with Gasteiger partial charge in [0.05, 0.1) is 13.2 Å². The first-order chi connectivity index (χ1) is 10.1. The number of nitrogens with zero attached hydrogens (tertiary/aromatic N) is 1. The first-order valence-corrected chi connectivity index (χ1v) is 7.79. The molecule has 1 fully saturated rings. The van der Waals surface area contributed by atoms with Crippen molar-refractivity contribution in [2.24, 2.45) is 5.73 Å². The van der Waals surface area contributed by atoms with Crippen molar-refractivity contribution in [2.45, 2.75) is 44.4 Å². The number of benzene rings is 1. The summed E-state index contributed by atoms with van der Waals surface area (Å²) in [7, 11) is 3.87.